The van der Waals surface area contributed by atoms with Gasteiger partial charge in [0.1, 0.15) is 6.26 Å². The van der Waals surface area contributed by atoms with Crippen LogP contribution in [0.1, 0.15) is 38.6 Å². The molecular formula is C25H29N3O5. The number of methoxy groups -OCH3 is 1. The van der Waals surface area contributed by atoms with Gasteiger partial charge in [-0.3, -0.25) is 9.69 Å². The normalized spacial score (nSPS) is 12.4. The monoisotopic (exact) mass is 451 g/mol. The summed E-state index contributed by atoms with van der Waals surface area (Å²) >= 11 is 0. The summed E-state index contributed by atoms with van der Waals surface area (Å²) in [6.07, 6.45) is 1.40. The first-order valence-electron chi connectivity index (χ1n) is 10.9. The van der Waals surface area contributed by atoms with Crippen LogP contribution >= 0.6 is 0 Å². The number of aromatic nitrogens is 1. The SMILES string of the molecule is COCCNC(=O)c1coc(CN(Cc2ccc3c(c2)OCO3)Cc2ccc(C)cc2C)n1. The highest BCUT2D eigenvalue weighted by atomic mass is 16.7. The molecule has 0 saturated carbocycles. The third-order valence-electron chi connectivity index (χ3n) is 5.47. The second-order valence-corrected chi connectivity index (χ2v) is 8.14. The molecular weight excluding hydrogens is 422 g/mol. The predicted octanol–water partition coefficient (Wildman–Crippen LogP) is 3.60. The van der Waals surface area contributed by atoms with E-state index in [1.54, 1.807) is 7.11 Å². The summed E-state index contributed by atoms with van der Waals surface area (Å²) in [7, 11) is 1.59. The molecule has 0 aliphatic carbocycles. The summed E-state index contributed by atoms with van der Waals surface area (Å²) in [5.41, 5.74) is 5.04. The number of hydrogen-bond acceptors (Lipinski definition) is 7. The van der Waals surface area contributed by atoms with Crippen molar-refractivity contribution in [3.63, 3.8) is 0 Å². The van der Waals surface area contributed by atoms with Gasteiger partial charge in [0.2, 0.25) is 12.7 Å². The molecule has 0 radical (unpaired) electrons. The van der Waals surface area contributed by atoms with E-state index in [0.29, 0.717) is 38.7 Å². The smallest absolute Gasteiger partial charge is 0.273 e. The van der Waals surface area contributed by atoms with Crippen molar-refractivity contribution in [2.45, 2.75) is 33.5 Å². The molecule has 4 rings (SSSR count). The van der Waals surface area contributed by atoms with Gasteiger partial charge in [-0.2, -0.15) is 0 Å². The Kier molecular flexibility index (Phi) is 7.26. The number of nitrogens with one attached hydrogen (secondary N) is 1. The summed E-state index contributed by atoms with van der Waals surface area (Å²) in [5, 5.41) is 2.76. The van der Waals surface area contributed by atoms with Crippen LogP contribution in [-0.2, 0) is 24.4 Å². The van der Waals surface area contributed by atoms with Crippen LogP contribution < -0.4 is 14.8 Å². The van der Waals surface area contributed by atoms with Gasteiger partial charge in [0.05, 0.1) is 13.2 Å². The first-order chi connectivity index (χ1) is 16.0. The number of carbonyl (C=O) groups excluding carboxylic acids is 1. The van der Waals surface area contributed by atoms with Crippen LogP contribution in [0.15, 0.2) is 47.1 Å². The van der Waals surface area contributed by atoms with Crippen molar-refractivity contribution in [3.8, 4) is 11.5 Å². The molecule has 2 heterocycles. The van der Waals surface area contributed by atoms with E-state index in [1.807, 2.05) is 18.2 Å². The molecule has 2 aromatic carbocycles. The zero-order valence-corrected chi connectivity index (χ0v) is 19.2. The van der Waals surface area contributed by atoms with Crippen molar-refractivity contribution < 1.29 is 23.4 Å². The molecule has 8 heteroatoms. The Labute approximate surface area is 193 Å². The van der Waals surface area contributed by atoms with Crippen molar-refractivity contribution in [1.82, 2.24) is 15.2 Å². The second-order valence-electron chi connectivity index (χ2n) is 8.14. The number of fused-ring (bicyclic) bond motifs is 1. The number of amides is 1. The second kappa shape index (κ2) is 10.5. The van der Waals surface area contributed by atoms with Crippen LogP contribution in [0.4, 0.5) is 0 Å². The zero-order valence-electron chi connectivity index (χ0n) is 19.2. The van der Waals surface area contributed by atoms with E-state index in [2.05, 4.69) is 47.2 Å². The van der Waals surface area contributed by atoms with E-state index in [4.69, 9.17) is 18.6 Å². The summed E-state index contributed by atoms with van der Waals surface area (Å²) in [5.74, 6) is 1.72. The van der Waals surface area contributed by atoms with E-state index in [9.17, 15) is 4.79 Å². The molecule has 1 aliphatic rings. The van der Waals surface area contributed by atoms with Gasteiger partial charge in [-0.15, -0.1) is 0 Å². The lowest BCUT2D eigenvalue weighted by atomic mass is 10.0. The Balaban J connectivity index is 1.50. The Hall–Kier alpha value is -3.36. The number of benzene rings is 2. The van der Waals surface area contributed by atoms with E-state index >= 15 is 0 Å². The highest BCUT2D eigenvalue weighted by Crippen LogP contribution is 2.33. The lowest BCUT2D eigenvalue weighted by molar-refractivity contribution is 0.0932. The van der Waals surface area contributed by atoms with Gasteiger partial charge >= 0.3 is 0 Å². The fourth-order valence-corrected chi connectivity index (χ4v) is 3.77. The molecule has 1 aliphatic heterocycles. The van der Waals surface area contributed by atoms with Crippen molar-refractivity contribution in [3.05, 3.63) is 76.5 Å². The minimum atomic E-state index is -0.279. The minimum Gasteiger partial charge on any atom is -0.454 e. The standard InChI is InChI=1S/C25H29N3O5/c1-17-4-6-20(18(2)10-17)13-28(12-19-5-7-22-23(11-19)33-16-32-22)14-24-27-21(15-31-24)25(29)26-8-9-30-3/h4-7,10-11,15H,8-9,12-14,16H2,1-3H3,(H,26,29). The van der Waals surface area contributed by atoms with Crippen LogP contribution in [0, 0.1) is 13.8 Å². The third kappa shape index (κ3) is 5.91. The maximum Gasteiger partial charge on any atom is 0.273 e. The summed E-state index contributed by atoms with van der Waals surface area (Å²) < 4.78 is 21.6. The molecule has 0 fully saturated rings. The number of oxazole rings is 1. The van der Waals surface area contributed by atoms with E-state index in [1.165, 1.54) is 23.0 Å². The molecule has 1 amide bonds. The third-order valence-corrected chi connectivity index (χ3v) is 5.47. The summed E-state index contributed by atoms with van der Waals surface area (Å²) in [6, 6.07) is 12.4. The van der Waals surface area contributed by atoms with Crippen LogP contribution in [0.3, 0.4) is 0 Å². The van der Waals surface area contributed by atoms with Crippen molar-refractivity contribution in [1.29, 1.82) is 0 Å². The van der Waals surface area contributed by atoms with Gasteiger partial charge in [-0.1, -0.05) is 29.8 Å². The number of carbonyl (C=O) groups is 1. The predicted molar refractivity (Wildman–Crippen MR) is 122 cm³/mol. The lowest BCUT2D eigenvalue weighted by Gasteiger charge is -2.22. The largest absolute Gasteiger partial charge is 0.454 e. The highest BCUT2D eigenvalue weighted by Gasteiger charge is 2.18. The number of hydrogen-bond donors (Lipinski definition) is 1. The molecule has 0 bridgehead atoms. The van der Waals surface area contributed by atoms with Gasteiger partial charge in [0.25, 0.3) is 5.91 Å². The number of rotatable bonds is 10. The Morgan fingerprint density at radius 2 is 1.94 bits per heavy atom. The fraction of sp³-hybridized carbons (Fsp3) is 0.360. The molecule has 1 aromatic heterocycles. The highest BCUT2D eigenvalue weighted by molar-refractivity contribution is 5.91. The Morgan fingerprint density at radius 3 is 2.76 bits per heavy atom. The van der Waals surface area contributed by atoms with Crippen LogP contribution in [0.2, 0.25) is 0 Å². The molecule has 33 heavy (non-hydrogen) atoms. The first-order valence-corrected chi connectivity index (χ1v) is 10.9. The Bertz CT molecular complexity index is 1110. The van der Waals surface area contributed by atoms with Gasteiger partial charge in [0.15, 0.2) is 17.2 Å². The van der Waals surface area contributed by atoms with Gasteiger partial charge in [0, 0.05) is 26.7 Å². The van der Waals surface area contributed by atoms with Crippen LogP contribution in [0.25, 0.3) is 0 Å². The maximum atomic E-state index is 12.3. The van der Waals surface area contributed by atoms with Crippen molar-refractivity contribution in [2.24, 2.45) is 0 Å². The summed E-state index contributed by atoms with van der Waals surface area (Å²) in [4.78, 5) is 18.9. The van der Waals surface area contributed by atoms with Gasteiger partial charge in [-0.05, 0) is 42.7 Å². The van der Waals surface area contributed by atoms with Gasteiger partial charge < -0.3 is 23.9 Å². The van der Waals surface area contributed by atoms with Gasteiger partial charge in [-0.25, -0.2) is 4.98 Å². The summed E-state index contributed by atoms with van der Waals surface area (Å²) in [6.45, 7) is 7.13. The fourth-order valence-electron chi connectivity index (χ4n) is 3.77. The quantitative estimate of drug-likeness (QED) is 0.472. The molecule has 8 nitrogen and oxygen atoms in total. The topological polar surface area (TPSA) is 86.1 Å². The molecule has 0 unspecified atom stereocenters. The van der Waals surface area contributed by atoms with E-state index in [0.717, 1.165) is 17.1 Å². The lowest BCUT2D eigenvalue weighted by Crippen LogP contribution is -2.27. The molecule has 0 spiro atoms. The van der Waals surface area contributed by atoms with Crippen LogP contribution in [0.5, 0.6) is 11.5 Å². The number of ether oxygens (including phenoxy) is 3. The number of nitrogens with zero attached hydrogens (tertiary/aromatic N) is 2. The van der Waals surface area contributed by atoms with E-state index in [-0.39, 0.29) is 18.4 Å². The van der Waals surface area contributed by atoms with Crippen molar-refractivity contribution in [2.75, 3.05) is 27.1 Å². The average molecular weight is 452 g/mol. The first kappa shape index (κ1) is 22.8. The average Bonchev–Trinajstić information content (AvgIpc) is 3.45. The number of aryl methyl sites for hydroxylation is 2. The molecule has 3 aromatic rings. The minimum absolute atomic E-state index is 0.247. The zero-order chi connectivity index (χ0) is 23.2. The van der Waals surface area contributed by atoms with E-state index < -0.39 is 0 Å². The molecule has 174 valence electrons. The Morgan fingerprint density at radius 1 is 1.09 bits per heavy atom. The van der Waals surface area contributed by atoms with Crippen molar-refractivity contribution >= 4 is 5.91 Å². The molecule has 0 saturated heterocycles. The van der Waals surface area contributed by atoms with Crippen LogP contribution in [-0.4, -0.2) is 42.8 Å². The maximum absolute atomic E-state index is 12.3. The molecule has 1 N–H and O–H groups in total. The molecule has 0 atom stereocenters.